The molecule has 0 atom stereocenters. The van der Waals surface area contributed by atoms with E-state index in [1.165, 1.54) is 12.1 Å². The van der Waals surface area contributed by atoms with E-state index in [1.807, 2.05) is 6.07 Å². The molecule has 0 bridgehead atoms. The zero-order chi connectivity index (χ0) is 19.8. The van der Waals surface area contributed by atoms with Crippen molar-refractivity contribution in [1.29, 1.82) is 0 Å². The normalized spacial score (nSPS) is 15.7. The van der Waals surface area contributed by atoms with Crippen LogP contribution in [0.3, 0.4) is 0 Å². The predicted octanol–water partition coefficient (Wildman–Crippen LogP) is 3.47. The second-order valence-corrected chi connectivity index (χ2v) is 8.05. The molecule has 0 aliphatic carbocycles. The highest BCUT2D eigenvalue weighted by atomic mass is 32.2. The summed E-state index contributed by atoms with van der Waals surface area (Å²) in [4.78, 5) is 26.4. The van der Waals surface area contributed by atoms with Gasteiger partial charge in [-0.1, -0.05) is 41.7 Å². The van der Waals surface area contributed by atoms with Crippen LogP contribution in [0.5, 0.6) is 11.5 Å². The Morgan fingerprint density at radius 1 is 1.07 bits per heavy atom. The highest BCUT2D eigenvalue weighted by Crippen LogP contribution is 2.58. The van der Waals surface area contributed by atoms with Crippen LogP contribution < -0.4 is 5.01 Å². The number of benzene rings is 2. The summed E-state index contributed by atoms with van der Waals surface area (Å²) in [6, 6.07) is 11.5. The average molecular weight is 414 g/mol. The number of carbonyl (C=O) groups is 2. The summed E-state index contributed by atoms with van der Waals surface area (Å²) in [6.45, 7) is 1.81. The molecular weight excluding hydrogens is 400 g/mol. The molecular formula is C19H14N2O5S2. The molecule has 2 aliphatic rings. The minimum absolute atomic E-state index is 0.0131. The van der Waals surface area contributed by atoms with Crippen LogP contribution in [0.15, 0.2) is 67.2 Å². The molecule has 2 aliphatic heterocycles. The number of rotatable bonds is 3. The Labute approximate surface area is 168 Å². The SMILES string of the molecule is CCOC(=O)C1=NN(c2ccccc2)C(=O)C1=C1Sc2c(O)ccc(O)c2S1. The number of phenolic OH excluding ortho intramolecular Hbond substituents is 2. The van der Waals surface area contributed by atoms with E-state index in [9.17, 15) is 19.8 Å². The molecule has 1 amide bonds. The Morgan fingerprint density at radius 2 is 1.68 bits per heavy atom. The number of para-hydroxylation sites is 1. The van der Waals surface area contributed by atoms with E-state index >= 15 is 0 Å². The van der Waals surface area contributed by atoms with Crippen LogP contribution in [-0.4, -0.2) is 34.4 Å². The third-order valence-corrected chi connectivity index (χ3v) is 6.62. The van der Waals surface area contributed by atoms with Gasteiger partial charge in [-0.3, -0.25) is 4.79 Å². The molecule has 142 valence electrons. The second kappa shape index (κ2) is 7.25. The van der Waals surface area contributed by atoms with Gasteiger partial charge in [0.25, 0.3) is 5.91 Å². The van der Waals surface area contributed by atoms with Gasteiger partial charge >= 0.3 is 5.97 Å². The van der Waals surface area contributed by atoms with E-state index in [-0.39, 0.29) is 29.4 Å². The van der Waals surface area contributed by atoms with Crippen molar-refractivity contribution < 1.29 is 24.5 Å². The van der Waals surface area contributed by atoms with E-state index in [2.05, 4.69) is 5.10 Å². The van der Waals surface area contributed by atoms with Gasteiger partial charge in [0.05, 0.1) is 31.9 Å². The first kappa shape index (κ1) is 18.5. The highest BCUT2D eigenvalue weighted by Gasteiger charge is 2.41. The summed E-state index contributed by atoms with van der Waals surface area (Å²) < 4.78 is 5.52. The molecule has 0 aromatic heterocycles. The minimum Gasteiger partial charge on any atom is -0.507 e. The number of fused-ring (bicyclic) bond motifs is 1. The van der Waals surface area contributed by atoms with Crippen LogP contribution in [0.25, 0.3) is 0 Å². The Kier molecular flexibility index (Phi) is 4.78. The van der Waals surface area contributed by atoms with Gasteiger partial charge in [-0.2, -0.15) is 10.1 Å². The number of aromatic hydroxyl groups is 2. The molecule has 0 spiro atoms. The van der Waals surface area contributed by atoms with Crippen molar-refractivity contribution >= 4 is 46.8 Å². The molecule has 2 heterocycles. The number of hydrogen-bond acceptors (Lipinski definition) is 8. The van der Waals surface area contributed by atoms with Crippen molar-refractivity contribution in [3.05, 3.63) is 52.3 Å². The maximum atomic E-state index is 13.1. The zero-order valence-corrected chi connectivity index (χ0v) is 16.2. The van der Waals surface area contributed by atoms with Gasteiger partial charge in [0.1, 0.15) is 11.5 Å². The highest BCUT2D eigenvalue weighted by molar-refractivity contribution is 8.25. The van der Waals surface area contributed by atoms with Crippen molar-refractivity contribution in [3.63, 3.8) is 0 Å². The van der Waals surface area contributed by atoms with Gasteiger partial charge < -0.3 is 14.9 Å². The van der Waals surface area contributed by atoms with Gasteiger partial charge in [-0.25, -0.2) is 4.79 Å². The quantitative estimate of drug-likeness (QED) is 0.451. The average Bonchev–Trinajstić information content (AvgIpc) is 3.28. The number of anilines is 1. The van der Waals surface area contributed by atoms with Crippen LogP contribution in [0.4, 0.5) is 5.69 Å². The van der Waals surface area contributed by atoms with Crippen LogP contribution in [-0.2, 0) is 14.3 Å². The third kappa shape index (κ3) is 3.02. The molecule has 2 aromatic rings. The van der Waals surface area contributed by atoms with Crippen LogP contribution in [0.2, 0.25) is 0 Å². The fourth-order valence-corrected chi connectivity index (χ4v) is 5.32. The summed E-state index contributed by atoms with van der Waals surface area (Å²) in [5, 5.41) is 25.5. The summed E-state index contributed by atoms with van der Waals surface area (Å²) in [5.41, 5.74) is 0.505. The number of nitrogens with zero attached hydrogens (tertiary/aromatic N) is 2. The first-order valence-electron chi connectivity index (χ1n) is 8.31. The lowest BCUT2D eigenvalue weighted by Crippen LogP contribution is -2.23. The molecule has 0 unspecified atom stereocenters. The fourth-order valence-electron chi connectivity index (χ4n) is 2.72. The first-order chi connectivity index (χ1) is 13.5. The van der Waals surface area contributed by atoms with E-state index in [4.69, 9.17) is 4.74 Å². The zero-order valence-electron chi connectivity index (χ0n) is 14.6. The van der Waals surface area contributed by atoms with E-state index in [1.54, 1.807) is 31.2 Å². The van der Waals surface area contributed by atoms with Crippen LogP contribution in [0, 0.1) is 0 Å². The monoisotopic (exact) mass is 414 g/mol. The van der Waals surface area contributed by atoms with Gasteiger partial charge in [0, 0.05) is 0 Å². The predicted molar refractivity (Wildman–Crippen MR) is 107 cm³/mol. The Hall–Kier alpha value is -2.91. The molecule has 7 nitrogen and oxygen atoms in total. The molecule has 0 saturated heterocycles. The van der Waals surface area contributed by atoms with Gasteiger partial charge in [0.15, 0.2) is 5.71 Å². The number of hydrazone groups is 1. The van der Waals surface area contributed by atoms with E-state index in [0.29, 0.717) is 19.7 Å². The molecule has 28 heavy (non-hydrogen) atoms. The van der Waals surface area contributed by atoms with Crippen LogP contribution >= 0.6 is 23.5 Å². The largest absolute Gasteiger partial charge is 0.507 e. The molecule has 0 fully saturated rings. The number of hydrogen-bond donors (Lipinski definition) is 2. The standard InChI is InChI=1S/C19H14N2O5S2/c1-2-26-18(25)14-13(17(24)21(20-14)10-6-4-3-5-7-10)19-27-15-11(22)8-9-12(23)16(15)28-19/h3-9,22-23H,2H2,1H3. The molecule has 0 saturated carbocycles. The summed E-state index contributed by atoms with van der Waals surface area (Å²) in [6.07, 6.45) is 0. The number of amides is 1. The van der Waals surface area contributed by atoms with E-state index in [0.717, 1.165) is 28.5 Å². The molecule has 0 radical (unpaired) electrons. The van der Waals surface area contributed by atoms with Crippen molar-refractivity contribution in [3.8, 4) is 11.5 Å². The summed E-state index contributed by atoms with van der Waals surface area (Å²) >= 11 is 2.22. The lowest BCUT2D eigenvalue weighted by molar-refractivity contribution is -0.135. The van der Waals surface area contributed by atoms with Crippen molar-refractivity contribution in [1.82, 2.24) is 0 Å². The summed E-state index contributed by atoms with van der Waals surface area (Å²) in [7, 11) is 0. The third-order valence-electron chi connectivity index (χ3n) is 3.98. The van der Waals surface area contributed by atoms with Crippen molar-refractivity contribution in [2.75, 3.05) is 11.6 Å². The fraction of sp³-hybridized carbons (Fsp3) is 0.105. The number of carbonyl (C=O) groups excluding carboxylic acids is 2. The van der Waals surface area contributed by atoms with Gasteiger partial charge in [-0.15, -0.1) is 0 Å². The van der Waals surface area contributed by atoms with Crippen LogP contribution in [0.1, 0.15) is 6.92 Å². The second-order valence-electron chi connectivity index (χ2n) is 5.75. The molecule has 2 N–H and O–H groups in total. The number of ether oxygens (including phenoxy) is 1. The van der Waals surface area contributed by atoms with Gasteiger partial charge in [-0.05, 0) is 31.2 Å². The molecule has 9 heteroatoms. The Morgan fingerprint density at radius 3 is 2.25 bits per heavy atom. The summed E-state index contributed by atoms with van der Waals surface area (Å²) in [5.74, 6) is -1.21. The lowest BCUT2D eigenvalue weighted by atomic mass is 10.2. The number of esters is 1. The lowest BCUT2D eigenvalue weighted by Gasteiger charge is -2.11. The molecule has 4 rings (SSSR count). The topological polar surface area (TPSA) is 99.4 Å². The van der Waals surface area contributed by atoms with Crippen molar-refractivity contribution in [2.45, 2.75) is 16.7 Å². The Balaban J connectivity index is 1.81. The minimum atomic E-state index is -0.706. The number of phenols is 2. The van der Waals surface area contributed by atoms with E-state index < -0.39 is 11.9 Å². The maximum absolute atomic E-state index is 13.1. The maximum Gasteiger partial charge on any atom is 0.359 e. The van der Waals surface area contributed by atoms with Gasteiger partial charge in [0.2, 0.25) is 0 Å². The number of thioether (sulfide) groups is 2. The smallest absolute Gasteiger partial charge is 0.359 e. The molecule has 2 aromatic carbocycles. The first-order valence-corrected chi connectivity index (χ1v) is 9.95. The van der Waals surface area contributed by atoms with Crippen molar-refractivity contribution in [2.24, 2.45) is 5.10 Å². The Bertz CT molecular complexity index is 1020.